The molecule has 0 radical (unpaired) electrons. The van der Waals surface area contributed by atoms with Gasteiger partial charge in [0.25, 0.3) is 0 Å². The molecule has 0 aliphatic heterocycles. The van der Waals surface area contributed by atoms with Gasteiger partial charge >= 0.3 is 138 Å². The summed E-state index contributed by atoms with van der Waals surface area (Å²) in [5, 5.41) is -0.869. The first-order chi connectivity index (χ1) is 9.56. The standard InChI is InChI=1S/C14H8Cl2O2Se2/c15-13(17)9-1-5-11(6-2-9)19-20-12-7-3-10(4-8-12)14(16)18/h1-8H. The van der Waals surface area contributed by atoms with Crippen molar-refractivity contribution in [1.29, 1.82) is 0 Å². The van der Waals surface area contributed by atoms with Gasteiger partial charge < -0.3 is 0 Å². The Hall–Kier alpha value is -0.601. The average Bonchev–Trinajstić information content (AvgIpc) is 2.46. The molecule has 0 aliphatic rings. The fraction of sp³-hybridized carbons (Fsp3) is 0. The topological polar surface area (TPSA) is 34.1 Å². The van der Waals surface area contributed by atoms with Crippen LogP contribution >= 0.6 is 23.2 Å². The van der Waals surface area contributed by atoms with Crippen LogP contribution in [0.4, 0.5) is 0 Å². The van der Waals surface area contributed by atoms with Crippen LogP contribution in [-0.2, 0) is 0 Å². The first kappa shape index (κ1) is 15.8. The summed E-state index contributed by atoms with van der Waals surface area (Å²) in [4.78, 5) is 21.9. The first-order valence-corrected chi connectivity index (χ1v) is 12.3. The quantitative estimate of drug-likeness (QED) is 0.528. The third-order valence-corrected chi connectivity index (χ3v) is 10.1. The maximum atomic E-state index is 11.0. The van der Waals surface area contributed by atoms with Crippen LogP contribution in [0.25, 0.3) is 0 Å². The summed E-state index contributed by atoms with van der Waals surface area (Å²) in [5.74, 6) is 0. The Morgan fingerprint density at radius 1 is 0.650 bits per heavy atom. The van der Waals surface area contributed by atoms with E-state index in [1.165, 1.54) is 8.92 Å². The summed E-state index contributed by atoms with van der Waals surface area (Å²) in [5.41, 5.74) is 1.03. The van der Waals surface area contributed by atoms with Gasteiger partial charge in [0.2, 0.25) is 0 Å². The van der Waals surface area contributed by atoms with Crippen molar-refractivity contribution in [2.45, 2.75) is 0 Å². The maximum absolute atomic E-state index is 11.0. The molecule has 0 fully saturated rings. The van der Waals surface area contributed by atoms with Crippen LogP contribution < -0.4 is 8.92 Å². The van der Waals surface area contributed by atoms with E-state index in [1.807, 2.05) is 24.3 Å². The number of carbonyl (C=O) groups is 2. The van der Waals surface area contributed by atoms with Gasteiger partial charge in [-0.25, -0.2) is 0 Å². The van der Waals surface area contributed by atoms with Crippen molar-refractivity contribution in [2.75, 3.05) is 0 Å². The van der Waals surface area contributed by atoms with Crippen molar-refractivity contribution in [3.63, 3.8) is 0 Å². The summed E-state index contributed by atoms with van der Waals surface area (Å²) < 4.78 is 2.44. The predicted octanol–water partition coefficient (Wildman–Crippen LogP) is 1.72. The second-order valence-corrected chi connectivity index (χ2v) is 10.8. The second-order valence-electron chi connectivity index (χ2n) is 3.76. The summed E-state index contributed by atoms with van der Waals surface area (Å²) >= 11 is 11.5. The molecule has 0 saturated carbocycles. The van der Waals surface area contributed by atoms with Gasteiger partial charge in [-0.05, 0) is 0 Å². The van der Waals surface area contributed by atoms with Gasteiger partial charge in [-0.3, -0.25) is 0 Å². The van der Waals surface area contributed by atoms with Crippen LogP contribution in [0.3, 0.4) is 0 Å². The van der Waals surface area contributed by atoms with Crippen molar-refractivity contribution < 1.29 is 9.59 Å². The fourth-order valence-electron chi connectivity index (χ4n) is 1.38. The molecular formula is C14H8Cl2O2Se2. The monoisotopic (exact) mass is 438 g/mol. The van der Waals surface area contributed by atoms with Crippen LogP contribution in [0, 0.1) is 0 Å². The van der Waals surface area contributed by atoms with Crippen LogP contribution in [0.2, 0.25) is 0 Å². The molecule has 0 saturated heterocycles. The molecule has 0 aromatic heterocycles. The van der Waals surface area contributed by atoms with Crippen LogP contribution in [-0.4, -0.2) is 36.7 Å². The number of hydrogen-bond donors (Lipinski definition) is 0. The van der Waals surface area contributed by atoms with E-state index in [2.05, 4.69) is 0 Å². The second kappa shape index (κ2) is 7.42. The molecule has 2 nitrogen and oxygen atoms in total. The van der Waals surface area contributed by atoms with Gasteiger partial charge in [-0.2, -0.15) is 0 Å². The minimum atomic E-state index is -0.434. The van der Waals surface area contributed by atoms with Gasteiger partial charge in [-0.1, -0.05) is 0 Å². The molecule has 0 aliphatic carbocycles. The molecule has 0 unspecified atom stereocenters. The number of benzene rings is 2. The van der Waals surface area contributed by atoms with E-state index in [0.29, 0.717) is 37.4 Å². The summed E-state index contributed by atoms with van der Waals surface area (Å²) in [6.45, 7) is 0. The molecule has 0 spiro atoms. The van der Waals surface area contributed by atoms with E-state index in [1.54, 1.807) is 24.3 Å². The predicted molar refractivity (Wildman–Crippen MR) is 84.0 cm³/mol. The number of rotatable bonds is 5. The molecular weight excluding hydrogens is 429 g/mol. The van der Waals surface area contributed by atoms with E-state index < -0.39 is 10.5 Å². The molecule has 2 aromatic carbocycles. The van der Waals surface area contributed by atoms with Gasteiger partial charge in [0.05, 0.1) is 0 Å². The van der Waals surface area contributed by atoms with Crippen LogP contribution in [0.1, 0.15) is 20.7 Å². The molecule has 2 aromatic rings. The number of hydrogen-bond acceptors (Lipinski definition) is 2. The Morgan fingerprint density at radius 3 is 1.20 bits per heavy atom. The van der Waals surface area contributed by atoms with Gasteiger partial charge in [0, 0.05) is 0 Å². The molecule has 2 rings (SSSR count). The molecule has 0 amide bonds. The first-order valence-electron chi connectivity index (χ1n) is 5.50. The van der Waals surface area contributed by atoms with E-state index in [0.717, 1.165) is 0 Å². The molecule has 20 heavy (non-hydrogen) atoms. The van der Waals surface area contributed by atoms with E-state index in [-0.39, 0.29) is 0 Å². The molecule has 0 N–H and O–H groups in total. The zero-order valence-electron chi connectivity index (χ0n) is 10.0. The third-order valence-electron chi connectivity index (χ3n) is 2.40. The molecule has 102 valence electrons. The van der Waals surface area contributed by atoms with Crippen molar-refractivity contribution in [2.24, 2.45) is 0 Å². The zero-order valence-corrected chi connectivity index (χ0v) is 14.9. The van der Waals surface area contributed by atoms with Crippen LogP contribution in [0.5, 0.6) is 0 Å². The average molecular weight is 437 g/mol. The zero-order chi connectivity index (χ0) is 14.5. The Bertz CT molecular complexity index is 567. The third kappa shape index (κ3) is 4.46. The minimum absolute atomic E-state index is 0.327. The van der Waals surface area contributed by atoms with Gasteiger partial charge in [0.15, 0.2) is 0 Å². The molecule has 6 heteroatoms. The van der Waals surface area contributed by atoms with Crippen LogP contribution in [0.15, 0.2) is 48.5 Å². The number of carbonyl (C=O) groups excluding carboxylic acids is 2. The Morgan fingerprint density at radius 2 is 0.950 bits per heavy atom. The van der Waals surface area contributed by atoms with E-state index in [9.17, 15) is 9.59 Å². The van der Waals surface area contributed by atoms with Crippen molar-refractivity contribution in [1.82, 2.24) is 0 Å². The SMILES string of the molecule is O=C(Cl)c1ccc([Se][Se]c2ccc(C(=O)Cl)cc2)cc1. The van der Waals surface area contributed by atoms with Crippen molar-refractivity contribution in [3.05, 3.63) is 59.7 Å². The normalized spacial score (nSPS) is 10.3. The summed E-state index contributed by atoms with van der Waals surface area (Å²) in [6.07, 6.45) is 0. The van der Waals surface area contributed by atoms with E-state index >= 15 is 0 Å². The fourth-order valence-corrected chi connectivity index (χ4v) is 7.59. The van der Waals surface area contributed by atoms with Gasteiger partial charge in [0.1, 0.15) is 0 Å². The van der Waals surface area contributed by atoms with Crippen molar-refractivity contribution in [3.8, 4) is 0 Å². The van der Waals surface area contributed by atoms with Crippen molar-refractivity contribution >= 4 is 68.9 Å². The summed E-state index contributed by atoms with van der Waals surface area (Å²) in [7, 11) is 0. The molecule has 0 bridgehead atoms. The summed E-state index contributed by atoms with van der Waals surface area (Å²) in [6, 6.07) is 14.7. The Kier molecular flexibility index (Phi) is 5.85. The molecule has 0 atom stereocenters. The Balaban J connectivity index is 1.97. The molecule has 0 heterocycles. The van der Waals surface area contributed by atoms with Gasteiger partial charge in [-0.15, -0.1) is 0 Å². The number of halogens is 2. The van der Waals surface area contributed by atoms with E-state index in [4.69, 9.17) is 23.2 Å². The Labute approximate surface area is 137 Å².